The SMILES string of the molecule is Cl.O=C(NCCC[SH](=O)=O)c1ccc2[nH]c(O)c(-c3ccc(CN4CCOCC4)cn3)c2c1. The first-order chi connectivity index (χ1) is 15.5. The Balaban J connectivity index is 0.00000306. The van der Waals surface area contributed by atoms with E-state index in [0.717, 1.165) is 38.4 Å². The van der Waals surface area contributed by atoms with Gasteiger partial charge >= 0.3 is 0 Å². The van der Waals surface area contributed by atoms with Crippen LogP contribution >= 0.6 is 12.4 Å². The molecule has 0 aliphatic carbocycles. The molecule has 1 aromatic carbocycles. The predicted octanol–water partition coefficient (Wildman–Crippen LogP) is 1.92. The van der Waals surface area contributed by atoms with Gasteiger partial charge < -0.3 is 20.1 Å². The van der Waals surface area contributed by atoms with E-state index in [0.29, 0.717) is 34.1 Å². The molecule has 11 heteroatoms. The molecule has 0 atom stereocenters. The zero-order chi connectivity index (χ0) is 22.5. The number of aromatic nitrogens is 2. The molecule has 1 fully saturated rings. The summed E-state index contributed by atoms with van der Waals surface area (Å²) in [5.74, 6) is -0.267. The minimum absolute atomic E-state index is 0. The van der Waals surface area contributed by atoms with Crippen LogP contribution in [0.25, 0.3) is 22.2 Å². The van der Waals surface area contributed by atoms with Crippen molar-refractivity contribution in [1.82, 2.24) is 20.2 Å². The van der Waals surface area contributed by atoms with E-state index in [-0.39, 0.29) is 36.5 Å². The van der Waals surface area contributed by atoms with Crippen LogP contribution in [0.5, 0.6) is 5.88 Å². The van der Waals surface area contributed by atoms with Crippen molar-refractivity contribution in [1.29, 1.82) is 0 Å². The maximum absolute atomic E-state index is 12.5. The number of halogens is 1. The Labute approximate surface area is 199 Å². The number of thiol groups is 1. The molecule has 178 valence electrons. The predicted molar refractivity (Wildman–Crippen MR) is 129 cm³/mol. The summed E-state index contributed by atoms with van der Waals surface area (Å²) in [7, 11) is -2.44. The number of pyridine rings is 1. The average molecular weight is 495 g/mol. The molecule has 0 spiro atoms. The number of carbonyl (C=O) groups excluding carboxylic acids is 1. The molecule has 0 saturated carbocycles. The number of morpholine rings is 1. The van der Waals surface area contributed by atoms with Crippen molar-refractivity contribution in [3.8, 4) is 17.1 Å². The molecule has 0 unspecified atom stereocenters. The zero-order valence-corrected chi connectivity index (χ0v) is 19.7. The monoisotopic (exact) mass is 494 g/mol. The van der Waals surface area contributed by atoms with Gasteiger partial charge in [0, 0.05) is 54.6 Å². The van der Waals surface area contributed by atoms with E-state index in [1.54, 1.807) is 24.4 Å². The molecular formula is C22H27ClN4O5S. The minimum atomic E-state index is -2.44. The smallest absolute Gasteiger partial charge is 0.251 e. The molecule has 0 radical (unpaired) electrons. The number of hydrogen-bond donors (Lipinski definition) is 4. The van der Waals surface area contributed by atoms with Gasteiger partial charge in [-0.25, -0.2) is 8.42 Å². The second kappa shape index (κ2) is 11.5. The highest BCUT2D eigenvalue weighted by molar-refractivity contribution is 7.72. The number of rotatable bonds is 8. The van der Waals surface area contributed by atoms with Crippen molar-refractivity contribution in [2.24, 2.45) is 0 Å². The van der Waals surface area contributed by atoms with Gasteiger partial charge in [-0.1, -0.05) is 6.07 Å². The van der Waals surface area contributed by atoms with Gasteiger partial charge in [0.05, 0.1) is 24.5 Å². The standard InChI is InChI=1S/C22H26N4O5S.ClH/c27-21(23-6-1-11-32(29)30)16-3-5-18-17(12-16)20(22(28)25-18)19-4-2-15(13-24-19)14-26-7-9-31-10-8-26;/h2-5,12-13,25,28,32H,1,6-11,14H2,(H,23,27);1H. The number of fused-ring (bicyclic) bond motifs is 1. The number of nitrogens with zero attached hydrogens (tertiary/aromatic N) is 2. The third-order valence-corrected chi connectivity index (χ3v) is 6.12. The Kier molecular flexibility index (Phi) is 8.67. The summed E-state index contributed by atoms with van der Waals surface area (Å²) >= 11 is 0. The summed E-state index contributed by atoms with van der Waals surface area (Å²) in [6, 6.07) is 8.95. The lowest BCUT2D eigenvalue weighted by Crippen LogP contribution is -2.35. The molecule has 2 aromatic heterocycles. The quantitative estimate of drug-likeness (QED) is 0.278. The van der Waals surface area contributed by atoms with Crippen molar-refractivity contribution in [2.45, 2.75) is 13.0 Å². The lowest BCUT2D eigenvalue weighted by atomic mass is 10.1. The van der Waals surface area contributed by atoms with Crippen molar-refractivity contribution in [3.05, 3.63) is 47.7 Å². The van der Waals surface area contributed by atoms with E-state index in [1.807, 2.05) is 12.1 Å². The third-order valence-electron chi connectivity index (χ3n) is 5.43. The first-order valence-corrected chi connectivity index (χ1v) is 11.9. The fourth-order valence-corrected chi connectivity index (χ4v) is 4.19. The van der Waals surface area contributed by atoms with E-state index >= 15 is 0 Å². The molecule has 1 aliphatic rings. The highest BCUT2D eigenvalue weighted by Gasteiger charge is 2.17. The van der Waals surface area contributed by atoms with Crippen LogP contribution in [0.2, 0.25) is 0 Å². The summed E-state index contributed by atoms with van der Waals surface area (Å²) in [5, 5.41) is 13.9. The summed E-state index contributed by atoms with van der Waals surface area (Å²) in [6.45, 7) is 4.34. The fourth-order valence-electron chi connectivity index (χ4n) is 3.77. The summed E-state index contributed by atoms with van der Waals surface area (Å²) in [5.41, 5.74) is 3.34. The van der Waals surface area contributed by atoms with Gasteiger partial charge in [0.15, 0.2) is 5.88 Å². The Bertz CT molecular complexity index is 1170. The van der Waals surface area contributed by atoms with E-state index in [4.69, 9.17) is 4.74 Å². The largest absolute Gasteiger partial charge is 0.494 e. The van der Waals surface area contributed by atoms with Crippen LogP contribution in [-0.2, 0) is 22.0 Å². The molecule has 3 N–H and O–H groups in total. The number of ether oxygens (including phenoxy) is 1. The fraction of sp³-hybridized carbons (Fsp3) is 0.364. The lowest BCUT2D eigenvalue weighted by Gasteiger charge is -2.26. The molecule has 3 heterocycles. The van der Waals surface area contributed by atoms with Gasteiger partial charge in [0.25, 0.3) is 5.91 Å². The highest BCUT2D eigenvalue weighted by Crippen LogP contribution is 2.36. The summed E-state index contributed by atoms with van der Waals surface area (Å²) < 4.78 is 26.7. The molecule has 1 amide bonds. The van der Waals surface area contributed by atoms with Gasteiger partial charge in [-0.2, -0.15) is 0 Å². The Morgan fingerprint density at radius 2 is 2.00 bits per heavy atom. The van der Waals surface area contributed by atoms with Crippen molar-refractivity contribution in [2.75, 3.05) is 38.6 Å². The minimum Gasteiger partial charge on any atom is -0.494 e. The molecule has 4 rings (SSSR count). The van der Waals surface area contributed by atoms with Crippen molar-refractivity contribution >= 4 is 39.9 Å². The van der Waals surface area contributed by atoms with Crippen LogP contribution in [0.4, 0.5) is 0 Å². The first kappa shape index (κ1) is 25.0. The number of aromatic amines is 1. The maximum Gasteiger partial charge on any atom is 0.251 e. The topological polar surface area (TPSA) is 125 Å². The van der Waals surface area contributed by atoms with E-state index in [1.165, 1.54) is 0 Å². The molecule has 33 heavy (non-hydrogen) atoms. The summed E-state index contributed by atoms with van der Waals surface area (Å²) in [6.07, 6.45) is 2.17. The molecule has 3 aromatic rings. The zero-order valence-electron chi connectivity index (χ0n) is 18.0. The third kappa shape index (κ3) is 6.23. The Hall–Kier alpha value is -2.66. The lowest BCUT2D eigenvalue weighted by molar-refractivity contribution is 0.0341. The number of benzene rings is 1. The number of amides is 1. The average Bonchev–Trinajstić information content (AvgIpc) is 3.12. The maximum atomic E-state index is 12.5. The van der Waals surface area contributed by atoms with Gasteiger partial charge in [0.1, 0.15) is 10.7 Å². The normalized spacial score (nSPS) is 14.3. The molecule has 1 saturated heterocycles. The van der Waals surface area contributed by atoms with Crippen LogP contribution in [0.15, 0.2) is 36.5 Å². The van der Waals surface area contributed by atoms with Gasteiger partial charge in [0.2, 0.25) is 0 Å². The number of aromatic hydroxyl groups is 1. The van der Waals surface area contributed by atoms with E-state index < -0.39 is 10.7 Å². The molecule has 1 aliphatic heterocycles. The van der Waals surface area contributed by atoms with E-state index in [9.17, 15) is 18.3 Å². The molecule has 9 nitrogen and oxygen atoms in total. The van der Waals surface area contributed by atoms with Crippen LogP contribution < -0.4 is 5.32 Å². The Morgan fingerprint density at radius 3 is 2.70 bits per heavy atom. The van der Waals surface area contributed by atoms with Gasteiger partial charge in [-0.05, 0) is 36.2 Å². The van der Waals surface area contributed by atoms with Crippen LogP contribution in [0.3, 0.4) is 0 Å². The first-order valence-electron chi connectivity index (χ1n) is 10.5. The molecule has 0 bridgehead atoms. The Morgan fingerprint density at radius 1 is 1.21 bits per heavy atom. The second-order valence-corrected chi connectivity index (χ2v) is 8.83. The van der Waals surface area contributed by atoms with Crippen LogP contribution in [-0.4, -0.2) is 72.9 Å². The van der Waals surface area contributed by atoms with Crippen molar-refractivity contribution < 1.29 is 23.1 Å². The van der Waals surface area contributed by atoms with E-state index in [2.05, 4.69) is 20.2 Å². The number of hydrogen-bond acceptors (Lipinski definition) is 7. The second-order valence-electron chi connectivity index (χ2n) is 7.71. The highest BCUT2D eigenvalue weighted by atomic mass is 35.5. The van der Waals surface area contributed by atoms with Crippen molar-refractivity contribution in [3.63, 3.8) is 0 Å². The van der Waals surface area contributed by atoms with Crippen LogP contribution in [0.1, 0.15) is 22.3 Å². The van der Waals surface area contributed by atoms with Gasteiger partial charge in [-0.3, -0.25) is 14.7 Å². The van der Waals surface area contributed by atoms with Gasteiger partial charge in [-0.15, -0.1) is 12.4 Å². The summed E-state index contributed by atoms with van der Waals surface area (Å²) in [4.78, 5) is 22.3. The number of H-pyrrole nitrogens is 1. The number of nitrogens with one attached hydrogen (secondary N) is 2. The molecular weight excluding hydrogens is 468 g/mol. The van der Waals surface area contributed by atoms with Crippen LogP contribution in [0, 0.1) is 0 Å². The number of carbonyl (C=O) groups is 1.